The number of likely N-dealkylation sites (N-methyl/N-ethyl adjacent to an activating group) is 1. The fraction of sp³-hybridized carbons (Fsp3) is 0.600. The van der Waals surface area contributed by atoms with E-state index in [1.807, 2.05) is 16.7 Å². The first-order valence-corrected chi connectivity index (χ1v) is 9.81. The lowest BCUT2D eigenvalue weighted by Gasteiger charge is -2.38. The maximum Gasteiger partial charge on any atom is 0.320 e. The Hall–Kier alpha value is -2.19. The zero-order valence-corrected chi connectivity index (χ0v) is 16.6. The minimum atomic E-state index is -0.283. The van der Waals surface area contributed by atoms with Crippen LogP contribution in [0.1, 0.15) is 18.5 Å². The van der Waals surface area contributed by atoms with Crippen molar-refractivity contribution in [3.8, 4) is 0 Å². The Labute approximate surface area is 165 Å². The second-order valence-electron chi connectivity index (χ2n) is 7.38. The monoisotopic (exact) mass is 392 g/mol. The summed E-state index contributed by atoms with van der Waals surface area (Å²) in [5.74, 6) is -0.265. The lowest BCUT2D eigenvalue weighted by molar-refractivity contribution is -0.133. The molecule has 2 aliphatic heterocycles. The standard InChI is InChI=1S/C20H29FN4O3/c1-16(17-3-5-18(21)6-4-17)22(2)19(26)15-23-7-9-24(10-8-23)20(27)25-11-13-28-14-12-25/h3-6,16H,7-15H2,1-2H3. The normalized spacial score (nSPS) is 19.4. The van der Waals surface area contributed by atoms with Gasteiger partial charge in [0, 0.05) is 46.3 Å². The zero-order chi connectivity index (χ0) is 20.1. The number of benzene rings is 1. The molecule has 3 rings (SSSR count). The summed E-state index contributed by atoms with van der Waals surface area (Å²) in [6.07, 6.45) is 0. The van der Waals surface area contributed by atoms with Crippen molar-refractivity contribution >= 4 is 11.9 Å². The van der Waals surface area contributed by atoms with E-state index in [0.29, 0.717) is 59.0 Å². The first-order valence-electron chi connectivity index (χ1n) is 9.81. The van der Waals surface area contributed by atoms with Crippen molar-refractivity contribution in [2.24, 2.45) is 0 Å². The molecule has 1 atom stereocenters. The topological polar surface area (TPSA) is 56.3 Å². The van der Waals surface area contributed by atoms with E-state index in [-0.39, 0.29) is 23.8 Å². The minimum Gasteiger partial charge on any atom is -0.378 e. The molecule has 2 saturated heterocycles. The summed E-state index contributed by atoms with van der Waals surface area (Å²) in [4.78, 5) is 32.7. The van der Waals surface area contributed by atoms with Gasteiger partial charge >= 0.3 is 6.03 Å². The molecule has 1 unspecified atom stereocenters. The Morgan fingerprint density at radius 2 is 1.61 bits per heavy atom. The third-order valence-corrected chi connectivity index (χ3v) is 5.61. The average molecular weight is 392 g/mol. The van der Waals surface area contributed by atoms with Gasteiger partial charge in [0.25, 0.3) is 0 Å². The van der Waals surface area contributed by atoms with E-state index in [1.54, 1.807) is 24.1 Å². The second kappa shape index (κ2) is 9.34. The molecule has 2 aliphatic rings. The summed E-state index contributed by atoms with van der Waals surface area (Å²) in [5.41, 5.74) is 0.901. The molecule has 1 aromatic carbocycles. The fourth-order valence-corrected chi connectivity index (χ4v) is 3.54. The highest BCUT2D eigenvalue weighted by Gasteiger charge is 2.28. The van der Waals surface area contributed by atoms with Gasteiger partial charge in [0.05, 0.1) is 25.8 Å². The smallest absolute Gasteiger partial charge is 0.320 e. The highest BCUT2D eigenvalue weighted by molar-refractivity contribution is 5.78. The van der Waals surface area contributed by atoms with E-state index in [9.17, 15) is 14.0 Å². The molecule has 154 valence electrons. The van der Waals surface area contributed by atoms with Crippen molar-refractivity contribution in [2.75, 3.05) is 66.1 Å². The lowest BCUT2D eigenvalue weighted by atomic mass is 10.1. The highest BCUT2D eigenvalue weighted by Crippen LogP contribution is 2.19. The number of hydrogen-bond donors (Lipinski definition) is 0. The number of nitrogens with zero attached hydrogens (tertiary/aromatic N) is 4. The Morgan fingerprint density at radius 3 is 2.21 bits per heavy atom. The maximum absolute atomic E-state index is 13.1. The quantitative estimate of drug-likeness (QED) is 0.778. The first-order chi connectivity index (χ1) is 13.5. The van der Waals surface area contributed by atoms with E-state index in [2.05, 4.69) is 4.90 Å². The second-order valence-corrected chi connectivity index (χ2v) is 7.38. The molecule has 1 aromatic rings. The Bertz CT molecular complexity index is 671. The molecule has 0 spiro atoms. The number of carbonyl (C=O) groups excluding carboxylic acids is 2. The predicted octanol–water partition coefficient (Wildman–Crippen LogP) is 1.41. The molecular weight excluding hydrogens is 363 g/mol. The van der Waals surface area contributed by atoms with Crippen LogP contribution in [0.5, 0.6) is 0 Å². The Kier molecular flexibility index (Phi) is 6.85. The molecule has 0 aliphatic carbocycles. The van der Waals surface area contributed by atoms with Gasteiger partial charge in [-0.3, -0.25) is 9.69 Å². The van der Waals surface area contributed by atoms with E-state index < -0.39 is 0 Å². The van der Waals surface area contributed by atoms with Crippen molar-refractivity contribution < 1.29 is 18.7 Å². The van der Waals surface area contributed by atoms with Crippen molar-refractivity contribution in [3.63, 3.8) is 0 Å². The van der Waals surface area contributed by atoms with Crippen LogP contribution in [0.25, 0.3) is 0 Å². The van der Waals surface area contributed by atoms with Crippen LogP contribution < -0.4 is 0 Å². The summed E-state index contributed by atoms with van der Waals surface area (Å²) in [7, 11) is 1.77. The molecular formula is C20H29FN4O3. The van der Waals surface area contributed by atoms with Crippen LogP contribution in [-0.4, -0.2) is 97.6 Å². The number of piperazine rings is 1. The van der Waals surface area contributed by atoms with Crippen LogP contribution in [-0.2, 0) is 9.53 Å². The summed E-state index contributed by atoms with van der Waals surface area (Å²) < 4.78 is 18.4. The highest BCUT2D eigenvalue weighted by atomic mass is 19.1. The first kappa shape index (κ1) is 20.5. The molecule has 2 heterocycles. The molecule has 7 nitrogen and oxygen atoms in total. The maximum atomic E-state index is 13.1. The molecule has 3 amide bonds. The van der Waals surface area contributed by atoms with Gasteiger partial charge in [0.2, 0.25) is 5.91 Å². The SMILES string of the molecule is CC(c1ccc(F)cc1)N(C)C(=O)CN1CCN(C(=O)N2CCOCC2)CC1. The Balaban J connectivity index is 1.46. The van der Waals surface area contributed by atoms with E-state index in [1.165, 1.54) is 12.1 Å². The number of urea groups is 1. The van der Waals surface area contributed by atoms with Crippen LogP contribution >= 0.6 is 0 Å². The predicted molar refractivity (Wildman–Crippen MR) is 103 cm³/mol. The molecule has 8 heteroatoms. The fourth-order valence-electron chi connectivity index (χ4n) is 3.54. The van der Waals surface area contributed by atoms with Crippen LogP contribution in [0.2, 0.25) is 0 Å². The van der Waals surface area contributed by atoms with Crippen LogP contribution in [0, 0.1) is 5.82 Å². The molecule has 0 bridgehead atoms. The molecule has 0 saturated carbocycles. The number of halogens is 1. The number of ether oxygens (including phenoxy) is 1. The third-order valence-electron chi connectivity index (χ3n) is 5.61. The number of morpholine rings is 1. The summed E-state index contributed by atoms with van der Waals surface area (Å²) in [6.45, 7) is 7.35. The van der Waals surface area contributed by atoms with Crippen LogP contribution in [0.3, 0.4) is 0 Å². The Morgan fingerprint density at radius 1 is 1.04 bits per heavy atom. The van der Waals surface area contributed by atoms with Gasteiger partial charge in [-0.15, -0.1) is 0 Å². The summed E-state index contributed by atoms with van der Waals surface area (Å²) in [5, 5.41) is 0. The van der Waals surface area contributed by atoms with Crippen molar-refractivity contribution in [1.82, 2.24) is 19.6 Å². The van der Waals surface area contributed by atoms with Crippen molar-refractivity contribution in [1.29, 1.82) is 0 Å². The number of hydrogen-bond acceptors (Lipinski definition) is 4. The van der Waals surface area contributed by atoms with Gasteiger partial charge in [-0.1, -0.05) is 12.1 Å². The molecule has 2 fully saturated rings. The van der Waals surface area contributed by atoms with Gasteiger partial charge < -0.3 is 19.4 Å². The average Bonchev–Trinajstić information content (AvgIpc) is 2.74. The zero-order valence-electron chi connectivity index (χ0n) is 16.6. The van der Waals surface area contributed by atoms with Gasteiger partial charge in [0.1, 0.15) is 5.82 Å². The van der Waals surface area contributed by atoms with Gasteiger partial charge in [-0.25, -0.2) is 9.18 Å². The number of rotatable bonds is 4. The van der Waals surface area contributed by atoms with E-state index in [0.717, 1.165) is 5.56 Å². The lowest BCUT2D eigenvalue weighted by Crippen LogP contribution is -2.55. The summed E-state index contributed by atoms with van der Waals surface area (Å²) in [6, 6.07) is 6.18. The van der Waals surface area contributed by atoms with Crippen molar-refractivity contribution in [2.45, 2.75) is 13.0 Å². The largest absolute Gasteiger partial charge is 0.378 e. The minimum absolute atomic E-state index is 0.0183. The van der Waals surface area contributed by atoms with Crippen molar-refractivity contribution in [3.05, 3.63) is 35.6 Å². The van der Waals surface area contributed by atoms with Gasteiger partial charge in [-0.05, 0) is 24.6 Å². The van der Waals surface area contributed by atoms with E-state index >= 15 is 0 Å². The van der Waals surface area contributed by atoms with E-state index in [4.69, 9.17) is 4.74 Å². The number of carbonyl (C=O) groups is 2. The summed E-state index contributed by atoms with van der Waals surface area (Å²) >= 11 is 0. The number of amides is 3. The molecule has 0 aromatic heterocycles. The molecule has 28 heavy (non-hydrogen) atoms. The van der Waals surface area contributed by atoms with Gasteiger partial charge in [0.15, 0.2) is 0 Å². The molecule has 0 radical (unpaired) electrons. The third kappa shape index (κ3) is 4.99. The van der Waals surface area contributed by atoms with Crippen LogP contribution in [0.4, 0.5) is 9.18 Å². The van der Waals surface area contributed by atoms with Gasteiger partial charge in [-0.2, -0.15) is 0 Å². The van der Waals surface area contributed by atoms with Crippen LogP contribution in [0.15, 0.2) is 24.3 Å². The molecule has 0 N–H and O–H groups in total.